The fourth-order valence-electron chi connectivity index (χ4n) is 4.04. The number of hydrogen-bond acceptors (Lipinski definition) is 1. The Balaban J connectivity index is 0.000000493. The Hall–Kier alpha value is -2.80. The van der Waals surface area contributed by atoms with E-state index in [1.54, 1.807) is 0 Å². The predicted molar refractivity (Wildman–Crippen MR) is 137 cm³/mol. The molecule has 0 amide bonds. The molecule has 0 spiro atoms. The van der Waals surface area contributed by atoms with Crippen LogP contribution in [0.1, 0.15) is 70.2 Å². The van der Waals surface area contributed by atoms with Gasteiger partial charge in [0.05, 0.1) is 0 Å². The van der Waals surface area contributed by atoms with Gasteiger partial charge in [0, 0.05) is 16.2 Å². The lowest BCUT2D eigenvalue weighted by molar-refractivity contribution is 0.672. The third-order valence-corrected chi connectivity index (χ3v) is 5.27. The molecule has 158 valence electrons. The fraction of sp³-hybridized carbons (Fsp3) is 0.310. The SMILES string of the molecule is CC.CC.CC.Cc1c2c(c(C)c3c1ccc1c4ccccc4oc13)C=CCC=C2. The first-order valence-electron chi connectivity index (χ1n) is 11.5. The fourth-order valence-corrected chi connectivity index (χ4v) is 4.04. The highest BCUT2D eigenvalue weighted by atomic mass is 16.3. The Morgan fingerprint density at radius 3 is 1.87 bits per heavy atom. The van der Waals surface area contributed by atoms with E-state index in [9.17, 15) is 0 Å². The van der Waals surface area contributed by atoms with Crippen LogP contribution < -0.4 is 0 Å². The van der Waals surface area contributed by atoms with Gasteiger partial charge in [0.1, 0.15) is 11.2 Å². The van der Waals surface area contributed by atoms with Gasteiger partial charge in [0.2, 0.25) is 0 Å². The summed E-state index contributed by atoms with van der Waals surface area (Å²) in [7, 11) is 0. The number of para-hydroxylation sites is 1. The number of benzene rings is 3. The lowest BCUT2D eigenvalue weighted by atomic mass is 9.89. The minimum Gasteiger partial charge on any atom is -0.455 e. The summed E-state index contributed by atoms with van der Waals surface area (Å²) >= 11 is 0. The maximum Gasteiger partial charge on any atom is 0.143 e. The average Bonchev–Trinajstić information content (AvgIpc) is 3.01. The van der Waals surface area contributed by atoms with Gasteiger partial charge in [-0.05, 0) is 60.0 Å². The molecule has 0 fully saturated rings. The summed E-state index contributed by atoms with van der Waals surface area (Å²) in [5.41, 5.74) is 7.26. The summed E-state index contributed by atoms with van der Waals surface area (Å²) in [6, 6.07) is 12.8. The molecule has 0 N–H and O–H groups in total. The molecule has 30 heavy (non-hydrogen) atoms. The molecule has 3 aromatic carbocycles. The summed E-state index contributed by atoms with van der Waals surface area (Å²) in [4.78, 5) is 0. The normalized spacial score (nSPS) is 11.6. The smallest absolute Gasteiger partial charge is 0.143 e. The maximum absolute atomic E-state index is 6.28. The second-order valence-corrected chi connectivity index (χ2v) is 6.58. The van der Waals surface area contributed by atoms with E-state index < -0.39 is 0 Å². The van der Waals surface area contributed by atoms with Crippen molar-refractivity contribution < 1.29 is 4.42 Å². The standard InChI is InChI=1S/C23H18O.3C2H6/c1-14-16-8-4-3-5-9-17(16)15(2)22-18(14)12-13-20-19-10-6-7-11-21(19)24-23(20)22;3*1-2/h4-13H,3H2,1-2H3;3*1-2H3. The Morgan fingerprint density at radius 2 is 1.20 bits per heavy atom. The molecule has 1 aliphatic rings. The summed E-state index contributed by atoms with van der Waals surface area (Å²) in [5, 5.41) is 4.93. The molecule has 5 rings (SSSR count). The monoisotopic (exact) mass is 400 g/mol. The van der Waals surface area contributed by atoms with Crippen molar-refractivity contribution in [3.63, 3.8) is 0 Å². The van der Waals surface area contributed by atoms with Crippen LogP contribution in [0.4, 0.5) is 0 Å². The summed E-state index contributed by atoms with van der Waals surface area (Å²) < 4.78 is 6.28. The van der Waals surface area contributed by atoms with E-state index in [-0.39, 0.29) is 0 Å². The van der Waals surface area contributed by atoms with Gasteiger partial charge in [0.15, 0.2) is 0 Å². The molecule has 4 aromatic rings. The van der Waals surface area contributed by atoms with Gasteiger partial charge in [-0.3, -0.25) is 0 Å². The first-order chi connectivity index (χ1) is 14.8. The number of rotatable bonds is 0. The Morgan fingerprint density at radius 1 is 0.633 bits per heavy atom. The van der Waals surface area contributed by atoms with Crippen LogP contribution in [-0.2, 0) is 0 Å². The molecule has 0 unspecified atom stereocenters. The molecular formula is C29H36O. The second kappa shape index (κ2) is 10.8. The lowest BCUT2D eigenvalue weighted by Crippen LogP contribution is -1.94. The van der Waals surface area contributed by atoms with Gasteiger partial charge in [-0.25, -0.2) is 0 Å². The van der Waals surface area contributed by atoms with E-state index in [4.69, 9.17) is 4.42 Å². The molecule has 0 bridgehead atoms. The quantitative estimate of drug-likeness (QED) is 0.286. The minimum absolute atomic E-state index is 0.961. The van der Waals surface area contributed by atoms with Crippen LogP contribution in [0.25, 0.3) is 44.9 Å². The van der Waals surface area contributed by atoms with Crippen molar-refractivity contribution in [1.82, 2.24) is 0 Å². The average molecular weight is 401 g/mol. The Kier molecular flexibility index (Phi) is 8.47. The highest BCUT2D eigenvalue weighted by Crippen LogP contribution is 2.40. The number of hydrogen-bond donors (Lipinski definition) is 0. The molecule has 1 heterocycles. The van der Waals surface area contributed by atoms with Gasteiger partial charge >= 0.3 is 0 Å². The highest BCUT2D eigenvalue weighted by Gasteiger charge is 2.17. The number of fused-ring (bicyclic) bond motifs is 6. The van der Waals surface area contributed by atoms with Crippen molar-refractivity contribution in [3.05, 3.63) is 70.8 Å². The van der Waals surface area contributed by atoms with E-state index >= 15 is 0 Å². The third-order valence-electron chi connectivity index (χ3n) is 5.27. The largest absolute Gasteiger partial charge is 0.455 e. The summed E-state index contributed by atoms with van der Waals surface area (Å²) in [5.74, 6) is 0. The van der Waals surface area contributed by atoms with E-state index in [2.05, 4.69) is 68.5 Å². The number of allylic oxidation sites excluding steroid dienone is 2. The van der Waals surface area contributed by atoms with Crippen LogP contribution in [0.2, 0.25) is 0 Å². The van der Waals surface area contributed by atoms with Crippen LogP contribution in [0, 0.1) is 13.8 Å². The molecular weight excluding hydrogens is 364 g/mol. The first-order valence-corrected chi connectivity index (χ1v) is 11.5. The zero-order chi connectivity index (χ0) is 22.3. The first kappa shape index (κ1) is 23.5. The molecule has 0 radical (unpaired) electrons. The zero-order valence-corrected chi connectivity index (χ0v) is 19.9. The van der Waals surface area contributed by atoms with Gasteiger partial charge in [-0.15, -0.1) is 0 Å². The van der Waals surface area contributed by atoms with Gasteiger partial charge < -0.3 is 4.42 Å². The zero-order valence-electron chi connectivity index (χ0n) is 19.9. The van der Waals surface area contributed by atoms with Crippen molar-refractivity contribution in [2.75, 3.05) is 0 Å². The van der Waals surface area contributed by atoms with Crippen LogP contribution >= 0.6 is 0 Å². The van der Waals surface area contributed by atoms with Crippen molar-refractivity contribution in [2.45, 2.75) is 61.8 Å². The van der Waals surface area contributed by atoms with Crippen LogP contribution in [0.5, 0.6) is 0 Å². The van der Waals surface area contributed by atoms with Gasteiger partial charge in [-0.1, -0.05) is 90.1 Å². The Bertz CT molecular complexity index is 1190. The molecule has 0 saturated carbocycles. The summed E-state index contributed by atoms with van der Waals surface area (Å²) in [6.07, 6.45) is 9.99. The minimum atomic E-state index is 0.961. The van der Waals surface area contributed by atoms with Crippen LogP contribution in [0.15, 0.2) is 53.0 Å². The predicted octanol–water partition coefficient (Wildman–Crippen LogP) is 9.86. The van der Waals surface area contributed by atoms with Crippen LogP contribution in [0.3, 0.4) is 0 Å². The van der Waals surface area contributed by atoms with E-state index in [1.165, 1.54) is 43.8 Å². The molecule has 0 aliphatic heterocycles. The highest BCUT2D eigenvalue weighted by molar-refractivity contribution is 6.17. The number of furan rings is 1. The molecule has 0 saturated heterocycles. The molecule has 1 aromatic heterocycles. The van der Waals surface area contributed by atoms with Gasteiger partial charge in [-0.2, -0.15) is 0 Å². The third kappa shape index (κ3) is 3.94. The molecule has 0 atom stereocenters. The lowest BCUT2D eigenvalue weighted by Gasteiger charge is -2.15. The van der Waals surface area contributed by atoms with Crippen molar-refractivity contribution >= 4 is 44.9 Å². The molecule has 1 heteroatoms. The van der Waals surface area contributed by atoms with Crippen molar-refractivity contribution in [3.8, 4) is 0 Å². The van der Waals surface area contributed by atoms with Crippen molar-refractivity contribution in [1.29, 1.82) is 0 Å². The van der Waals surface area contributed by atoms with E-state index in [1.807, 2.05) is 47.6 Å². The van der Waals surface area contributed by atoms with E-state index in [0.29, 0.717) is 0 Å². The molecule has 1 nitrogen and oxygen atoms in total. The number of aryl methyl sites for hydroxylation is 2. The second-order valence-electron chi connectivity index (χ2n) is 6.58. The van der Waals surface area contributed by atoms with E-state index in [0.717, 1.165) is 17.6 Å². The van der Waals surface area contributed by atoms with Gasteiger partial charge in [0.25, 0.3) is 0 Å². The van der Waals surface area contributed by atoms with Crippen LogP contribution in [-0.4, -0.2) is 0 Å². The summed E-state index contributed by atoms with van der Waals surface area (Å²) in [6.45, 7) is 16.4. The Labute approximate surface area is 182 Å². The maximum atomic E-state index is 6.28. The topological polar surface area (TPSA) is 13.1 Å². The molecule has 1 aliphatic carbocycles. The van der Waals surface area contributed by atoms with Crippen molar-refractivity contribution in [2.24, 2.45) is 0 Å².